The molecule has 12 heteroatoms. The summed E-state index contributed by atoms with van der Waals surface area (Å²) in [6.07, 6.45) is 6.77. The van der Waals surface area contributed by atoms with Crippen LogP contribution in [-0.4, -0.2) is 48.5 Å². The molecule has 2 aromatic carbocycles. The fourth-order valence-electron chi connectivity index (χ4n) is 5.63. The number of hydrogen-bond donors (Lipinski definition) is 3. The van der Waals surface area contributed by atoms with Gasteiger partial charge in [0.2, 0.25) is 0 Å². The summed E-state index contributed by atoms with van der Waals surface area (Å²) in [5.74, 6) is -1.04. The molecule has 1 saturated heterocycles. The average molecular weight is 609 g/mol. The number of nitrogen functional groups attached to an aromatic ring is 1. The second-order valence-corrected chi connectivity index (χ2v) is 13.2. The lowest BCUT2D eigenvalue weighted by Crippen LogP contribution is -2.50. The van der Waals surface area contributed by atoms with Gasteiger partial charge in [0, 0.05) is 29.4 Å². The molecule has 0 saturated carbocycles. The van der Waals surface area contributed by atoms with E-state index in [0.717, 1.165) is 55.7 Å². The van der Waals surface area contributed by atoms with Gasteiger partial charge in [-0.05, 0) is 81.5 Å². The molecule has 9 nitrogen and oxygen atoms in total. The van der Waals surface area contributed by atoms with Crippen molar-refractivity contribution in [2.45, 2.75) is 63.1 Å². The van der Waals surface area contributed by atoms with E-state index in [-0.39, 0.29) is 28.0 Å². The molecule has 0 amide bonds. The summed E-state index contributed by atoms with van der Waals surface area (Å²) in [5.41, 5.74) is 10.2. The highest BCUT2D eigenvalue weighted by Gasteiger charge is 2.27. The summed E-state index contributed by atoms with van der Waals surface area (Å²) in [5, 5.41) is 9.13. The number of sulfonamides is 1. The zero-order valence-corrected chi connectivity index (χ0v) is 25.0. The molecule has 1 atom stereocenters. The molecule has 43 heavy (non-hydrogen) atoms. The number of pyridine rings is 1. The van der Waals surface area contributed by atoms with Crippen LogP contribution in [0.15, 0.2) is 53.6 Å². The van der Waals surface area contributed by atoms with Crippen molar-refractivity contribution in [3.05, 3.63) is 71.4 Å². The van der Waals surface area contributed by atoms with Crippen molar-refractivity contribution in [1.29, 1.82) is 0 Å². The highest BCUT2D eigenvalue weighted by atomic mass is 32.2. The van der Waals surface area contributed by atoms with Crippen molar-refractivity contribution in [1.82, 2.24) is 20.1 Å². The van der Waals surface area contributed by atoms with Crippen LogP contribution in [0.2, 0.25) is 0 Å². The maximum atomic E-state index is 15.4. The Kier molecular flexibility index (Phi) is 7.69. The van der Waals surface area contributed by atoms with Crippen LogP contribution in [0, 0.1) is 18.6 Å². The van der Waals surface area contributed by atoms with E-state index in [0.29, 0.717) is 28.7 Å². The number of nitrogens with one attached hydrogen (secondary N) is 2. The van der Waals surface area contributed by atoms with Crippen LogP contribution in [0.4, 0.5) is 20.3 Å². The minimum absolute atomic E-state index is 0.0240. The van der Waals surface area contributed by atoms with E-state index in [1.807, 2.05) is 18.5 Å². The number of anilines is 2. The third kappa shape index (κ3) is 5.62. The highest BCUT2D eigenvalue weighted by molar-refractivity contribution is 7.92. The lowest BCUT2D eigenvalue weighted by atomic mass is 9.89. The Morgan fingerprint density at radius 1 is 1.09 bits per heavy atom. The van der Waals surface area contributed by atoms with Crippen LogP contribution in [-0.2, 0) is 14.8 Å². The normalized spacial score (nSPS) is 17.7. The number of nitrogens with two attached hydrogens (primary N) is 1. The first-order valence-electron chi connectivity index (χ1n) is 14.3. The van der Waals surface area contributed by atoms with Crippen molar-refractivity contribution in [2.24, 2.45) is 0 Å². The number of aromatic nitrogens is 3. The first-order chi connectivity index (χ1) is 20.5. The van der Waals surface area contributed by atoms with Gasteiger partial charge in [-0.2, -0.15) is 5.10 Å². The summed E-state index contributed by atoms with van der Waals surface area (Å²) < 4.78 is 64.3. The molecule has 2 aromatic heterocycles. The van der Waals surface area contributed by atoms with Gasteiger partial charge in [-0.3, -0.25) is 9.40 Å². The van der Waals surface area contributed by atoms with Crippen LogP contribution in [0.1, 0.15) is 50.3 Å². The summed E-state index contributed by atoms with van der Waals surface area (Å²) in [6, 6.07) is 8.36. The molecule has 1 unspecified atom stereocenters. The van der Waals surface area contributed by atoms with Crippen LogP contribution in [0.3, 0.4) is 0 Å². The summed E-state index contributed by atoms with van der Waals surface area (Å²) in [7, 11) is -4.15. The Morgan fingerprint density at radius 3 is 2.51 bits per heavy atom. The SMILES string of the molecule is Cc1cc(S(=O)(=O)Nc2ccc(-c3nn(C(C)C)c4c(C5=CCC(NC6COC6)CC5)cnc(N)c34)cc2F)ccc1F. The predicted molar refractivity (Wildman–Crippen MR) is 163 cm³/mol. The van der Waals surface area contributed by atoms with Crippen molar-refractivity contribution < 1.29 is 21.9 Å². The molecule has 4 N–H and O–H groups in total. The van der Waals surface area contributed by atoms with Gasteiger partial charge in [-0.15, -0.1) is 0 Å². The van der Waals surface area contributed by atoms with Crippen LogP contribution >= 0.6 is 0 Å². The average Bonchev–Trinajstić information content (AvgIpc) is 3.36. The number of nitrogens with zero attached hydrogens (tertiary/aromatic N) is 3. The van der Waals surface area contributed by atoms with Gasteiger partial charge >= 0.3 is 0 Å². The maximum absolute atomic E-state index is 15.4. The Labute approximate surface area is 249 Å². The smallest absolute Gasteiger partial charge is 0.261 e. The number of halogens is 2. The molecular formula is C31H34F2N6O3S. The molecule has 2 aliphatic rings. The number of fused-ring (bicyclic) bond motifs is 1. The van der Waals surface area contributed by atoms with Crippen molar-refractivity contribution in [3.63, 3.8) is 0 Å². The Bertz CT molecular complexity index is 1850. The van der Waals surface area contributed by atoms with E-state index in [9.17, 15) is 12.8 Å². The van der Waals surface area contributed by atoms with Gasteiger partial charge < -0.3 is 15.8 Å². The first kappa shape index (κ1) is 29.2. The van der Waals surface area contributed by atoms with Gasteiger partial charge in [0.25, 0.3) is 10.0 Å². The Morgan fingerprint density at radius 2 is 1.88 bits per heavy atom. The fourth-order valence-corrected chi connectivity index (χ4v) is 6.79. The Balaban J connectivity index is 1.35. The zero-order chi connectivity index (χ0) is 30.5. The number of hydrogen-bond acceptors (Lipinski definition) is 7. The molecule has 6 rings (SSSR count). The number of allylic oxidation sites excluding steroid dienone is 1. The van der Waals surface area contributed by atoms with Gasteiger partial charge in [0.15, 0.2) is 0 Å². The van der Waals surface area contributed by atoms with E-state index in [2.05, 4.69) is 21.1 Å². The van der Waals surface area contributed by atoms with E-state index in [1.165, 1.54) is 30.7 Å². The monoisotopic (exact) mass is 608 g/mol. The van der Waals surface area contributed by atoms with E-state index >= 15 is 4.39 Å². The minimum Gasteiger partial charge on any atom is -0.383 e. The van der Waals surface area contributed by atoms with E-state index < -0.39 is 21.7 Å². The van der Waals surface area contributed by atoms with E-state index in [1.54, 1.807) is 12.3 Å². The standard InChI is InChI=1S/C31H34F2N6O3S/c1-17(2)39-30-24(19-4-7-21(8-5-19)36-22-15-42-16-22)14-35-31(34)28(30)29(37-39)20-6-11-27(26(33)13-20)38-43(40,41)23-9-10-25(32)18(3)12-23/h4,6,9-14,17,21-22,36,38H,5,7-8,15-16H2,1-3H3,(H2,34,35). The van der Waals surface area contributed by atoms with Gasteiger partial charge in [0.05, 0.1) is 40.7 Å². The third-order valence-corrected chi connectivity index (χ3v) is 9.40. The predicted octanol–water partition coefficient (Wildman–Crippen LogP) is 5.57. The van der Waals surface area contributed by atoms with Crippen molar-refractivity contribution in [2.75, 3.05) is 23.7 Å². The maximum Gasteiger partial charge on any atom is 0.261 e. The second-order valence-electron chi connectivity index (χ2n) is 11.5. The third-order valence-electron chi connectivity index (χ3n) is 8.04. The van der Waals surface area contributed by atoms with Crippen LogP contribution in [0.5, 0.6) is 0 Å². The molecule has 0 spiro atoms. The summed E-state index contributed by atoms with van der Waals surface area (Å²) in [6.45, 7) is 7.01. The largest absolute Gasteiger partial charge is 0.383 e. The molecule has 0 radical (unpaired) electrons. The first-order valence-corrected chi connectivity index (χ1v) is 15.8. The minimum atomic E-state index is -4.15. The number of benzene rings is 2. The Hall–Kier alpha value is -3.87. The molecule has 0 bridgehead atoms. The molecule has 1 aliphatic heterocycles. The quantitative estimate of drug-likeness (QED) is 0.239. The second kappa shape index (κ2) is 11.3. The fraction of sp³-hybridized carbons (Fsp3) is 0.355. The van der Waals surface area contributed by atoms with Gasteiger partial charge in [-0.25, -0.2) is 22.2 Å². The lowest BCUT2D eigenvalue weighted by Gasteiger charge is -2.33. The molecule has 4 aromatic rings. The van der Waals surface area contributed by atoms with Crippen molar-refractivity contribution >= 4 is 38.0 Å². The molecule has 1 aliphatic carbocycles. The molecule has 226 valence electrons. The van der Waals surface area contributed by atoms with Gasteiger partial charge in [0.1, 0.15) is 23.1 Å². The lowest BCUT2D eigenvalue weighted by molar-refractivity contribution is -0.0103. The molecular weight excluding hydrogens is 574 g/mol. The summed E-state index contributed by atoms with van der Waals surface area (Å²) in [4.78, 5) is 4.34. The zero-order valence-electron chi connectivity index (χ0n) is 24.2. The molecule has 1 fully saturated rings. The number of ether oxygens (including phenoxy) is 1. The summed E-state index contributed by atoms with van der Waals surface area (Å²) >= 11 is 0. The van der Waals surface area contributed by atoms with E-state index in [4.69, 9.17) is 15.6 Å². The van der Waals surface area contributed by atoms with Crippen molar-refractivity contribution in [3.8, 4) is 11.3 Å². The van der Waals surface area contributed by atoms with Crippen LogP contribution < -0.4 is 15.8 Å². The number of rotatable bonds is 8. The van der Waals surface area contributed by atoms with Crippen LogP contribution in [0.25, 0.3) is 27.7 Å². The number of aryl methyl sites for hydroxylation is 1. The topological polar surface area (TPSA) is 124 Å². The highest BCUT2D eigenvalue weighted by Crippen LogP contribution is 2.40. The van der Waals surface area contributed by atoms with Gasteiger partial charge in [-0.1, -0.05) is 12.1 Å². The molecule has 3 heterocycles.